The minimum atomic E-state index is -0.130. The number of ether oxygens (including phenoxy) is 1. The smallest absolute Gasteiger partial charge is 0.322 e. The van der Waals surface area contributed by atoms with Crippen molar-refractivity contribution in [3.63, 3.8) is 0 Å². The van der Waals surface area contributed by atoms with Crippen molar-refractivity contribution in [1.82, 2.24) is 5.32 Å². The quantitative estimate of drug-likeness (QED) is 0.483. The lowest BCUT2D eigenvalue weighted by molar-refractivity contribution is -0.143. The van der Waals surface area contributed by atoms with E-state index in [-0.39, 0.29) is 12.0 Å². The third kappa shape index (κ3) is 5.97. The molecule has 1 N–H and O–H groups in total. The first-order chi connectivity index (χ1) is 6.76. The molecule has 0 spiro atoms. The molecule has 0 aliphatic heterocycles. The van der Waals surface area contributed by atoms with Gasteiger partial charge in [0, 0.05) is 0 Å². The molecule has 0 aromatic heterocycles. The van der Waals surface area contributed by atoms with Crippen molar-refractivity contribution < 1.29 is 9.53 Å². The Morgan fingerprint density at radius 3 is 2.50 bits per heavy atom. The van der Waals surface area contributed by atoms with E-state index in [2.05, 4.69) is 19.2 Å². The van der Waals surface area contributed by atoms with Crippen LogP contribution in [0.4, 0.5) is 0 Å². The van der Waals surface area contributed by atoms with E-state index in [9.17, 15) is 4.79 Å². The predicted octanol–water partition coefficient (Wildman–Crippen LogP) is 2.11. The molecule has 0 bridgehead atoms. The molecule has 84 valence electrons. The average Bonchev–Trinajstić information content (AvgIpc) is 2.22. The minimum absolute atomic E-state index is 0.105. The third-order valence-corrected chi connectivity index (χ3v) is 2.22. The van der Waals surface area contributed by atoms with Gasteiger partial charge in [-0.1, -0.05) is 33.1 Å². The maximum atomic E-state index is 11.3. The van der Waals surface area contributed by atoms with Gasteiger partial charge in [0.2, 0.25) is 0 Å². The van der Waals surface area contributed by atoms with E-state index in [0.29, 0.717) is 0 Å². The highest BCUT2D eigenvalue weighted by Gasteiger charge is 2.16. The number of esters is 1. The van der Waals surface area contributed by atoms with Gasteiger partial charge in [-0.05, 0) is 19.4 Å². The molecule has 0 saturated heterocycles. The molecule has 0 amide bonds. The highest BCUT2D eigenvalue weighted by atomic mass is 16.5. The zero-order valence-electron chi connectivity index (χ0n) is 9.64. The predicted molar refractivity (Wildman–Crippen MR) is 58.2 cm³/mol. The lowest BCUT2D eigenvalue weighted by Gasteiger charge is -2.15. The molecule has 3 nitrogen and oxygen atoms in total. The number of unbranched alkanes of at least 4 members (excludes halogenated alkanes) is 2. The summed E-state index contributed by atoms with van der Waals surface area (Å²) in [6.45, 7) is 5.13. The van der Waals surface area contributed by atoms with Gasteiger partial charge in [0.25, 0.3) is 0 Å². The molecule has 0 radical (unpaired) electrons. The summed E-state index contributed by atoms with van der Waals surface area (Å²) < 4.78 is 4.74. The van der Waals surface area contributed by atoms with Crippen LogP contribution in [0.25, 0.3) is 0 Å². The molecular formula is C11H23NO2. The zero-order valence-corrected chi connectivity index (χ0v) is 9.64. The summed E-state index contributed by atoms with van der Waals surface area (Å²) in [7, 11) is 1.45. The maximum Gasteiger partial charge on any atom is 0.322 e. The molecule has 0 aromatic rings. The van der Waals surface area contributed by atoms with E-state index in [1.165, 1.54) is 20.0 Å². The summed E-state index contributed by atoms with van der Waals surface area (Å²) in [5, 5.41) is 3.20. The second-order valence-corrected chi connectivity index (χ2v) is 3.53. The van der Waals surface area contributed by atoms with E-state index in [4.69, 9.17) is 4.74 Å². The van der Waals surface area contributed by atoms with Gasteiger partial charge in [0.05, 0.1) is 7.11 Å². The van der Waals surface area contributed by atoms with E-state index in [1.807, 2.05) is 0 Å². The summed E-state index contributed by atoms with van der Waals surface area (Å²) >= 11 is 0. The van der Waals surface area contributed by atoms with Gasteiger partial charge in [-0.2, -0.15) is 0 Å². The number of carbonyl (C=O) groups excluding carboxylic acids is 1. The van der Waals surface area contributed by atoms with E-state index >= 15 is 0 Å². The second-order valence-electron chi connectivity index (χ2n) is 3.53. The fourth-order valence-electron chi connectivity index (χ4n) is 1.36. The number of carbonyl (C=O) groups is 1. The topological polar surface area (TPSA) is 38.3 Å². The van der Waals surface area contributed by atoms with Crippen LogP contribution in [-0.2, 0) is 9.53 Å². The molecule has 0 fully saturated rings. The van der Waals surface area contributed by atoms with Gasteiger partial charge in [0.15, 0.2) is 0 Å². The molecule has 0 aromatic carbocycles. The summed E-state index contributed by atoms with van der Waals surface area (Å²) in [5.74, 6) is -0.130. The van der Waals surface area contributed by atoms with Crippen molar-refractivity contribution in [3.8, 4) is 0 Å². The first-order valence-electron chi connectivity index (χ1n) is 5.57. The van der Waals surface area contributed by atoms with E-state index in [1.54, 1.807) is 0 Å². The van der Waals surface area contributed by atoms with Crippen LogP contribution in [0.3, 0.4) is 0 Å². The SMILES string of the molecule is CCCCCC(NCCC)C(=O)OC. The van der Waals surface area contributed by atoms with Crippen molar-refractivity contribution in [1.29, 1.82) is 0 Å². The lowest BCUT2D eigenvalue weighted by Crippen LogP contribution is -2.37. The number of nitrogens with one attached hydrogen (secondary N) is 1. The third-order valence-electron chi connectivity index (χ3n) is 2.22. The summed E-state index contributed by atoms with van der Waals surface area (Å²) in [4.78, 5) is 11.3. The van der Waals surface area contributed by atoms with E-state index in [0.717, 1.165) is 25.8 Å². The molecule has 14 heavy (non-hydrogen) atoms. The minimum Gasteiger partial charge on any atom is -0.468 e. The van der Waals surface area contributed by atoms with Crippen LogP contribution >= 0.6 is 0 Å². The van der Waals surface area contributed by atoms with Crippen LogP contribution in [0.5, 0.6) is 0 Å². The Kier molecular flexibility index (Phi) is 8.64. The van der Waals surface area contributed by atoms with Gasteiger partial charge in [-0.3, -0.25) is 4.79 Å². The monoisotopic (exact) mass is 201 g/mol. The van der Waals surface area contributed by atoms with Crippen LogP contribution in [0.1, 0.15) is 46.0 Å². The van der Waals surface area contributed by atoms with Crippen molar-refractivity contribution in [3.05, 3.63) is 0 Å². The molecule has 1 atom stereocenters. The molecule has 0 heterocycles. The molecule has 3 heteroatoms. The normalized spacial score (nSPS) is 12.5. The van der Waals surface area contributed by atoms with Crippen molar-refractivity contribution in [2.24, 2.45) is 0 Å². The fourth-order valence-corrected chi connectivity index (χ4v) is 1.36. The Labute approximate surface area is 87.2 Å². The Balaban J connectivity index is 3.78. The van der Waals surface area contributed by atoms with Gasteiger partial charge in [0.1, 0.15) is 6.04 Å². The molecule has 0 aliphatic rings. The van der Waals surface area contributed by atoms with Gasteiger partial charge in [-0.15, -0.1) is 0 Å². The number of hydrogen-bond acceptors (Lipinski definition) is 3. The average molecular weight is 201 g/mol. The Bertz CT molecular complexity index is 148. The largest absolute Gasteiger partial charge is 0.468 e. The standard InChI is InChI=1S/C11H23NO2/c1-4-6-7-8-10(11(13)14-3)12-9-5-2/h10,12H,4-9H2,1-3H3. The highest BCUT2D eigenvalue weighted by Crippen LogP contribution is 2.04. The lowest BCUT2D eigenvalue weighted by atomic mass is 10.1. The van der Waals surface area contributed by atoms with Crippen molar-refractivity contribution in [2.45, 2.75) is 52.0 Å². The molecule has 0 saturated carbocycles. The summed E-state index contributed by atoms with van der Waals surface area (Å²) in [5.41, 5.74) is 0. The van der Waals surface area contributed by atoms with Crippen molar-refractivity contribution >= 4 is 5.97 Å². The molecular weight excluding hydrogens is 178 g/mol. The number of hydrogen-bond donors (Lipinski definition) is 1. The Hall–Kier alpha value is -0.570. The Morgan fingerprint density at radius 1 is 1.29 bits per heavy atom. The number of methoxy groups -OCH3 is 1. The first kappa shape index (κ1) is 13.4. The fraction of sp³-hybridized carbons (Fsp3) is 0.909. The summed E-state index contributed by atoms with van der Waals surface area (Å²) in [6.07, 6.45) is 5.39. The second kappa shape index (κ2) is 9.00. The Morgan fingerprint density at radius 2 is 2.00 bits per heavy atom. The maximum absolute atomic E-state index is 11.3. The van der Waals surface area contributed by atoms with Crippen LogP contribution in [-0.4, -0.2) is 25.7 Å². The van der Waals surface area contributed by atoms with Crippen LogP contribution in [0, 0.1) is 0 Å². The van der Waals surface area contributed by atoms with Gasteiger partial charge in [-0.25, -0.2) is 0 Å². The first-order valence-corrected chi connectivity index (χ1v) is 5.57. The molecule has 0 aliphatic carbocycles. The highest BCUT2D eigenvalue weighted by molar-refractivity contribution is 5.75. The van der Waals surface area contributed by atoms with Gasteiger partial charge >= 0.3 is 5.97 Å². The van der Waals surface area contributed by atoms with Crippen LogP contribution < -0.4 is 5.32 Å². The summed E-state index contributed by atoms with van der Waals surface area (Å²) in [6, 6.07) is -0.105. The van der Waals surface area contributed by atoms with E-state index < -0.39 is 0 Å². The van der Waals surface area contributed by atoms with Crippen LogP contribution in [0.2, 0.25) is 0 Å². The molecule has 1 unspecified atom stereocenters. The van der Waals surface area contributed by atoms with Gasteiger partial charge < -0.3 is 10.1 Å². The molecule has 0 rings (SSSR count). The van der Waals surface area contributed by atoms with Crippen LogP contribution in [0.15, 0.2) is 0 Å². The van der Waals surface area contributed by atoms with Crippen molar-refractivity contribution in [2.75, 3.05) is 13.7 Å². The number of rotatable bonds is 8. The zero-order chi connectivity index (χ0) is 10.8.